The van der Waals surface area contributed by atoms with E-state index in [0.717, 1.165) is 3.57 Å². The zero-order valence-electron chi connectivity index (χ0n) is 8.89. The van der Waals surface area contributed by atoms with E-state index in [2.05, 4.69) is 5.10 Å². The van der Waals surface area contributed by atoms with Crippen LogP contribution in [0.2, 0.25) is 0 Å². The Morgan fingerprint density at radius 2 is 2.38 bits per heavy atom. The summed E-state index contributed by atoms with van der Waals surface area (Å²) in [6.45, 7) is 2.37. The smallest absolute Gasteiger partial charge is 0.303 e. The van der Waals surface area contributed by atoms with Crippen LogP contribution in [0.25, 0.3) is 0 Å². The molecule has 1 N–H and O–H groups in total. The first-order chi connectivity index (χ1) is 7.49. The van der Waals surface area contributed by atoms with E-state index in [1.165, 1.54) is 10.7 Å². The molecule has 0 amide bonds. The van der Waals surface area contributed by atoms with E-state index in [4.69, 9.17) is 5.11 Å². The highest BCUT2D eigenvalue weighted by Crippen LogP contribution is 2.07. The van der Waals surface area contributed by atoms with Gasteiger partial charge in [-0.25, -0.2) is 4.68 Å². The van der Waals surface area contributed by atoms with Gasteiger partial charge in [-0.15, -0.1) is 0 Å². The maximum Gasteiger partial charge on any atom is 0.303 e. The van der Waals surface area contributed by atoms with Crippen molar-refractivity contribution in [2.24, 2.45) is 5.92 Å². The van der Waals surface area contributed by atoms with Crippen molar-refractivity contribution in [3.63, 3.8) is 0 Å². The Bertz CT molecular complexity index is 430. The van der Waals surface area contributed by atoms with Crippen molar-refractivity contribution < 1.29 is 9.90 Å². The maximum absolute atomic E-state index is 11.5. The Hall–Kier alpha value is -0.920. The van der Waals surface area contributed by atoms with Crippen LogP contribution in [-0.4, -0.2) is 20.9 Å². The van der Waals surface area contributed by atoms with E-state index < -0.39 is 5.97 Å². The Kier molecular flexibility index (Phi) is 4.91. The van der Waals surface area contributed by atoms with E-state index in [1.807, 2.05) is 29.5 Å². The van der Waals surface area contributed by atoms with Gasteiger partial charge in [-0.3, -0.25) is 9.59 Å². The fraction of sp³-hybridized carbons (Fsp3) is 0.500. The molecule has 16 heavy (non-hydrogen) atoms. The van der Waals surface area contributed by atoms with Gasteiger partial charge in [0.25, 0.3) is 5.56 Å². The molecule has 88 valence electrons. The minimum atomic E-state index is -0.810. The number of aliphatic carboxylic acids is 1. The number of aromatic nitrogens is 2. The lowest BCUT2D eigenvalue weighted by atomic mass is 10.1. The third-order valence-electron chi connectivity index (χ3n) is 2.17. The Balaban J connectivity index is 2.59. The van der Waals surface area contributed by atoms with Crippen LogP contribution >= 0.6 is 22.6 Å². The normalized spacial score (nSPS) is 12.4. The van der Waals surface area contributed by atoms with Crippen LogP contribution in [0.3, 0.4) is 0 Å². The van der Waals surface area contributed by atoms with Gasteiger partial charge in [-0.2, -0.15) is 5.10 Å². The molecule has 5 nitrogen and oxygen atoms in total. The summed E-state index contributed by atoms with van der Waals surface area (Å²) >= 11 is 2.03. The molecule has 0 bridgehead atoms. The molecule has 0 spiro atoms. The predicted molar refractivity (Wildman–Crippen MR) is 67.2 cm³/mol. The lowest BCUT2D eigenvalue weighted by Crippen LogP contribution is -2.25. The number of hydrogen-bond donors (Lipinski definition) is 1. The molecule has 1 aromatic rings. The van der Waals surface area contributed by atoms with Crippen LogP contribution in [0.15, 0.2) is 17.1 Å². The molecular weight excluding hydrogens is 323 g/mol. The summed E-state index contributed by atoms with van der Waals surface area (Å²) in [7, 11) is 0. The SMILES string of the molecule is CC(CCC(=O)O)Cn1ncc(I)cc1=O. The third kappa shape index (κ3) is 4.30. The van der Waals surface area contributed by atoms with Gasteiger partial charge < -0.3 is 5.11 Å². The molecule has 1 heterocycles. The van der Waals surface area contributed by atoms with Gasteiger partial charge in [0, 0.05) is 22.6 Å². The molecule has 1 rings (SSSR count). The number of carboxylic acids is 1. The molecule has 6 heteroatoms. The van der Waals surface area contributed by atoms with Gasteiger partial charge in [0.1, 0.15) is 0 Å². The van der Waals surface area contributed by atoms with Crippen molar-refractivity contribution in [2.75, 3.05) is 0 Å². The van der Waals surface area contributed by atoms with Gasteiger partial charge in [-0.05, 0) is 34.9 Å². The molecule has 1 unspecified atom stereocenters. The quantitative estimate of drug-likeness (QED) is 0.824. The summed E-state index contributed by atoms with van der Waals surface area (Å²) < 4.78 is 2.17. The fourth-order valence-corrected chi connectivity index (χ4v) is 1.70. The second-order valence-electron chi connectivity index (χ2n) is 3.73. The van der Waals surface area contributed by atoms with Crippen LogP contribution in [-0.2, 0) is 11.3 Å². The van der Waals surface area contributed by atoms with E-state index in [0.29, 0.717) is 13.0 Å². The molecule has 1 atom stereocenters. The largest absolute Gasteiger partial charge is 0.481 e. The monoisotopic (exact) mass is 336 g/mol. The van der Waals surface area contributed by atoms with Crippen molar-refractivity contribution >= 4 is 28.6 Å². The minimum Gasteiger partial charge on any atom is -0.481 e. The fourth-order valence-electron chi connectivity index (χ4n) is 1.30. The van der Waals surface area contributed by atoms with Crippen molar-refractivity contribution in [3.05, 3.63) is 26.2 Å². The van der Waals surface area contributed by atoms with Gasteiger partial charge in [-0.1, -0.05) is 6.92 Å². The number of carboxylic acid groups (broad SMARTS) is 1. The molecular formula is C10H13IN2O3. The first kappa shape index (κ1) is 13.1. The summed E-state index contributed by atoms with van der Waals surface area (Å²) in [5.74, 6) is -0.684. The lowest BCUT2D eigenvalue weighted by Gasteiger charge is -2.10. The van der Waals surface area contributed by atoms with Crippen LogP contribution < -0.4 is 5.56 Å². The van der Waals surface area contributed by atoms with E-state index in [1.54, 1.807) is 6.20 Å². The lowest BCUT2D eigenvalue weighted by molar-refractivity contribution is -0.137. The van der Waals surface area contributed by atoms with Gasteiger partial charge in [0.05, 0.1) is 6.20 Å². The Morgan fingerprint density at radius 3 is 2.94 bits per heavy atom. The van der Waals surface area contributed by atoms with Crippen molar-refractivity contribution in [2.45, 2.75) is 26.3 Å². The molecule has 0 aliphatic rings. The summed E-state index contributed by atoms with van der Waals surface area (Å²) in [6.07, 6.45) is 2.29. The van der Waals surface area contributed by atoms with Crippen molar-refractivity contribution in [3.8, 4) is 0 Å². The topological polar surface area (TPSA) is 72.2 Å². The summed E-state index contributed by atoms with van der Waals surface area (Å²) in [5, 5.41) is 12.5. The molecule has 1 aromatic heterocycles. The Morgan fingerprint density at radius 1 is 1.69 bits per heavy atom. The molecule has 0 aliphatic heterocycles. The van der Waals surface area contributed by atoms with E-state index >= 15 is 0 Å². The third-order valence-corrected chi connectivity index (χ3v) is 2.76. The average Bonchev–Trinajstić information content (AvgIpc) is 2.19. The zero-order valence-corrected chi connectivity index (χ0v) is 11.0. The highest BCUT2D eigenvalue weighted by molar-refractivity contribution is 14.1. The summed E-state index contributed by atoms with van der Waals surface area (Å²) in [6, 6.07) is 1.51. The van der Waals surface area contributed by atoms with E-state index in [9.17, 15) is 9.59 Å². The van der Waals surface area contributed by atoms with Crippen LogP contribution in [0.4, 0.5) is 0 Å². The first-order valence-corrected chi connectivity index (χ1v) is 6.01. The molecule has 0 aromatic carbocycles. The van der Waals surface area contributed by atoms with Gasteiger partial charge in [0.15, 0.2) is 0 Å². The minimum absolute atomic E-state index is 0.125. The summed E-state index contributed by atoms with van der Waals surface area (Å²) in [4.78, 5) is 21.9. The van der Waals surface area contributed by atoms with Crippen LogP contribution in [0.5, 0.6) is 0 Å². The second kappa shape index (κ2) is 5.97. The zero-order chi connectivity index (χ0) is 12.1. The van der Waals surface area contributed by atoms with E-state index in [-0.39, 0.29) is 17.9 Å². The Labute approximate surface area is 107 Å². The standard InChI is InChI=1S/C10H13IN2O3/c1-7(2-3-10(15)16)6-13-9(14)4-8(11)5-12-13/h4-5,7H,2-3,6H2,1H3,(H,15,16). The number of rotatable bonds is 5. The molecule has 0 fully saturated rings. The second-order valence-corrected chi connectivity index (χ2v) is 4.98. The number of carbonyl (C=O) groups is 1. The first-order valence-electron chi connectivity index (χ1n) is 4.93. The molecule has 0 saturated carbocycles. The van der Waals surface area contributed by atoms with Crippen molar-refractivity contribution in [1.29, 1.82) is 0 Å². The van der Waals surface area contributed by atoms with Crippen LogP contribution in [0, 0.1) is 9.49 Å². The van der Waals surface area contributed by atoms with Gasteiger partial charge >= 0.3 is 5.97 Å². The number of hydrogen-bond acceptors (Lipinski definition) is 3. The highest BCUT2D eigenvalue weighted by atomic mass is 127. The highest BCUT2D eigenvalue weighted by Gasteiger charge is 2.08. The average molecular weight is 336 g/mol. The van der Waals surface area contributed by atoms with Crippen LogP contribution in [0.1, 0.15) is 19.8 Å². The molecule has 0 aliphatic carbocycles. The number of halogens is 1. The summed E-state index contributed by atoms with van der Waals surface area (Å²) in [5.41, 5.74) is -0.144. The maximum atomic E-state index is 11.5. The molecule has 0 radical (unpaired) electrons. The number of nitrogens with zero attached hydrogens (tertiary/aromatic N) is 2. The predicted octanol–water partition coefficient (Wildman–Crippen LogP) is 1.35. The molecule has 0 saturated heterocycles. The van der Waals surface area contributed by atoms with Crippen molar-refractivity contribution in [1.82, 2.24) is 9.78 Å². The van der Waals surface area contributed by atoms with Gasteiger partial charge in [0.2, 0.25) is 0 Å².